The van der Waals surface area contributed by atoms with Gasteiger partial charge >= 0.3 is 12.1 Å². The van der Waals surface area contributed by atoms with E-state index >= 15 is 0 Å². The van der Waals surface area contributed by atoms with E-state index in [0.29, 0.717) is 12.0 Å². The zero-order chi connectivity index (χ0) is 19.7. The van der Waals surface area contributed by atoms with Gasteiger partial charge in [0.05, 0.1) is 5.56 Å². The van der Waals surface area contributed by atoms with Crippen LogP contribution < -0.4 is 5.32 Å². The number of hydrogen-bond donors (Lipinski definition) is 2. The molecule has 0 aliphatic rings. The van der Waals surface area contributed by atoms with Crippen LogP contribution in [-0.4, -0.2) is 23.8 Å². The molecule has 0 saturated carbocycles. The van der Waals surface area contributed by atoms with Gasteiger partial charge in [-0.25, -0.2) is 0 Å². The lowest BCUT2D eigenvalue weighted by Crippen LogP contribution is -2.12. The summed E-state index contributed by atoms with van der Waals surface area (Å²) in [5.74, 6) is -0.924. The molecule has 2 aromatic carbocycles. The zero-order valence-corrected chi connectivity index (χ0v) is 14.4. The molecule has 5 nitrogen and oxygen atoms in total. The fourth-order valence-corrected chi connectivity index (χ4v) is 2.21. The van der Waals surface area contributed by atoms with Gasteiger partial charge in [0.15, 0.2) is 0 Å². The molecule has 0 aromatic heterocycles. The Hall–Kier alpha value is -3.03. The Morgan fingerprint density at radius 3 is 2.30 bits per heavy atom. The van der Waals surface area contributed by atoms with Crippen LogP contribution in [0.25, 0.3) is 0 Å². The molecule has 0 fully saturated rings. The number of halogens is 3. The zero-order valence-electron chi connectivity index (χ0n) is 14.4. The molecular weight excluding hydrogens is 361 g/mol. The average Bonchev–Trinajstić information content (AvgIpc) is 2.63. The lowest BCUT2D eigenvalue weighted by molar-refractivity contribution is -0.137. The van der Waals surface area contributed by atoms with Crippen molar-refractivity contribution in [2.45, 2.75) is 25.6 Å². The predicted octanol–water partition coefficient (Wildman–Crippen LogP) is 4.34. The Morgan fingerprint density at radius 2 is 1.70 bits per heavy atom. The maximum Gasteiger partial charge on any atom is 0.416 e. The normalized spacial score (nSPS) is 11.5. The highest BCUT2D eigenvalue weighted by Gasteiger charge is 2.29. The first kappa shape index (κ1) is 20.3. The number of alkyl halides is 3. The lowest BCUT2D eigenvalue weighted by atomic mass is 10.1. The Labute approximate surface area is 154 Å². The first-order chi connectivity index (χ1) is 12.8. The molecule has 8 heteroatoms. The number of aryl methyl sites for hydroxylation is 1. The smallest absolute Gasteiger partial charge is 0.416 e. The van der Waals surface area contributed by atoms with Gasteiger partial charge in [-0.3, -0.25) is 4.79 Å². The molecule has 0 heterocycles. The Balaban J connectivity index is 1.68. The summed E-state index contributed by atoms with van der Waals surface area (Å²) < 4.78 is 37.4. The molecule has 0 amide bonds. The van der Waals surface area contributed by atoms with E-state index in [-0.39, 0.29) is 13.2 Å². The van der Waals surface area contributed by atoms with Crippen molar-refractivity contribution in [3.63, 3.8) is 0 Å². The van der Waals surface area contributed by atoms with E-state index in [2.05, 4.69) is 10.5 Å². The van der Waals surface area contributed by atoms with Crippen LogP contribution in [0.5, 0.6) is 0 Å². The summed E-state index contributed by atoms with van der Waals surface area (Å²) in [4.78, 5) is 15.6. The highest BCUT2D eigenvalue weighted by atomic mass is 19.4. The van der Waals surface area contributed by atoms with E-state index in [1.807, 2.05) is 12.1 Å². The third-order valence-corrected chi connectivity index (χ3v) is 3.62. The fourth-order valence-electron chi connectivity index (χ4n) is 2.21. The van der Waals surface area contributed by atoms with Crippen LogP contribution in [0, 0.1) is 0 Å². The molecule has 0 bridgehead atoms. The van der Waals surface area contributed by atoms with Crippen molar-refractivity contribution >= 4 is 17.9 Å². The second-order valence-electron chi connectivity index (χ2n) is 5.74. The van der Waals surface area contributed by atoms with Gasteiger partial charge in [-0.2, -0.15) is 13.2 Å². The second kappa shape index (κ2) is 9.61. The van der Waals surface area contributed by atoms with Crippen LogP contribution in [0.3, 0.4) is 0 Å². The number of nitrogens with one attached hydrogen (secondary N) is 1. The molecular formula is C19H19F3N2O3. The van der Waals surface area contributed by atoms with Crippen molar-refractivity contribution in [1.82, 2.24) is 0 Å². The minimum absolute atomic E-state index is 0.0958. The molecule has 2 aromatic rings. The number of oxime groups is 1. The Kier molecular flexibility index (Phi) is 7.22. The summed E-state index contributed by atoms with van der Waals surface area (Å²) in [6, 6.07) is 12.1. The molecule has 0 saturated heterocycles. The molecule has 27 heavy (non-hydrogen) atoms. The van der Waals surface area contributed by atoms with Gasteiger partial charge in [0.25, 0.3) is 0 Å². The molecule has 0 radical (unpaired) electrons. The molecule has 0 aliphatic carbocycles. The van der Waals surface area contributed by atoms with E-state index in [9.17, 15) is 18.0 Å². The van der Waals surface area contributed by atoms with Gasteiger partial charge in [-0.15, -0.1) is 0 Å². The number of rotatable bonds is 9. The van der Waals surface area contributed by atoms with Gasteiger partial charge < -0.3 is 15.3 Å². The summed E-state index contributed by atoms with van der Waals surface area (Å²) >= 11 is 0. The SMILES string of the molecule is O=C(O)CNc1ccc(CCC=NOCc2ccc(C(F)(F)F)cc2)cc1. The molecule has 144 valence electrons. The number of carboxylic acids is 1. The summed E-state index contributed by atoms with van der Waals surface area (Å²) in [6.07, 6.45) is -1.38. The highest BCUT2D eigenvalue weighted by Crippen LogP contribution is 2.29. The van der Waals surface area contributed by atoms with Crippen LogP contribution in [0.4, 0.5) is 18.9 Å². The fraction of sp³-hybridized carbons (Fsp3) is 0.263. The second-order valence-corrected chi connectivity index (χ2v) is 5.74. The van der Waals surface area contributed by atoms with Crippen molar-refractivity contribution in [3.8, 4) is 0 Å². The van der Waals surface area contributed by atoms with Crippen LogP contribution in [0.15, 0.2) is 53.7 Å². The standard InChI is InChI=1S/C19H19F3N2O3/c20-19(21,22)16-7-3-15(4-8-16)13-27-24-11-1-2-14-5-9-17(10-6-14)23-12-18(25)26/h3-11,23H,1-2,12-13H2,(H,25,26). The molecule has 0 unspecified atom stereocenters. The molecule has 0 atom stereocenters. The van der Waals surface area contributed by atoms with Gasteiger partial charge in [0, 0.05) is 11.9 Å². The topological polar surface area (TPSA) is 70.9 Å². The van der Waals surface area contributed by atoms with Crippen LogP contribution in [0.1, 0.15) is 23.1 Å². The summed E-state index contributed by atoms with van der Waals surface area (Å²) in [5.41, 5.74) is 1.70. The first-order valence-electron chi connectivity index (χ1n) is 8.19. The summed E-state index contributed by atoms with van der Waals surface area (Å²) in [6.45, 7) is -0.0408. The van der Waals surface area contributed by atoms with Crippen molar-refractivity contribution in [2.75, 3.05) is 11.9 Å². The minimum Gasteiger partial charge on any atom is -0.480 e. The lowest BCUT2D eigenvalue weighted by Gasteiger charge is -2.07. The summed E-state index contributed by atoms with van der Waals surface area (Å²) in [7, 11) is 0. The quantitative estimate of drug-likeness (QED) is 0.502. The van der Waals surface area contributed by atoms with E-state index < -0.39 is 17.7 Å². The number of carboxylic acid groups (broad SMARTS) is 1. The maximum absolute atomic E-state index is 12.5. The summed E-state index contributed by atoms with van der Waals surface area (Å²) in [5, 5.41) is 15.2. The Bertz CT molecular complexity index is 757. The van der Waals surface area contributed by atoms with Gasteiger partial charge in [0.1, 0.15) is 13.2 Å². The number of hydrogen-bond acceptors (Lipinski definition) is 4. The van der Waals surface area contributed by atoms with Crippen LogP contribution >= 0.6 is 0 Å². The first-order valence-corrected chi connectivity index (χ1v) is 8.19. The van der Waals surface area contributed by atoms with Gasteiger partial charge in [-0.05, 0) is 48.2 Å². The van der Waals surface area contributed by atoms with E-state index in [1.165, 1.54) is 12.1 Å². The van der Waals surface area contributed by atoms with Crippen LogP contribution in [0.2, 0.25) is 0 Å². The molecule has 2 N–H and O–H groups in total. The van der Waals surface area contributed by atoms with Crippen molar-refractivity contribution in [2.24, 2.45) is 5.16 Å². The molecule has 2 rings (SSSR count). The predicted molar refractivity (Wildman–Crippen MR) is 95.6 cm³/mol. The molecule has 0 aliphatic heterocycles. The van der Waals surface area contributed by atoms with Crippen molar-refractivity contribution in [1.29, 1.82) is 0 Å². The number of carbonyl (C=O) groups is 1. The highest BCUT2D eigenvalue weighted by molar-refractivity contribution is 5.72. The number of anilines is 1. The van der Waals surface area contributed by atoms with Crippen LogP contribution in [-0.2, 0) is 28.8 Å². The number of aliphatic carboxylic acids is 1. The van der Waals surface area contributed by atoms with E-state index in [1.54, 1.807) is 18.3 Å². The van der Waals surface area contributed by atoms with E-state index in [0.717, 1.165) is 29.8 Å². The van der Waals surface area contributed by atoms with E-state index in [4.69, 9.17) is 9.94 Å². The average molecular weight is 380 g/mol. The van der Waals surface area contributed by atoms with Gasteiger partial charge in [-0.1, -0.05) is 29.4 Å². The third-order valence-electron chi connectivity index (χ3n) is 3.62. The largest absolute Gasteiger partial charge is 0.480 e. The third kappa shape index (κ3) is 7.39. The number of benzene rings is 2. The molecule has 0 spiro atoms. The minimum atomic E-state index is -4.35. The van der Waals surface area contributed by atoms with Crippen molar-refractivity contribution < 1.29 is 27.9 Å². The maximum atomic E-state index is 12.5. The van der Waals surface area contributed by atoms with Gasteiger partial charge in [0.2, 0.25) is 0 Å². The Morgan fingerprint density at radius 1 is 1.07 bits per heavy atom. The number of nitrogens with zero attached hydrogens (tertiary/aromatic N) is 1. The van der Waals surface area contributed by atoms with Crippen molar-refractivity contribution in [3.05, 3.63) is 65.2 Å². The monoisotopic (exact) mass is 380 g/mol.